The molecule has 0 aliphatic heterocycles. The standard InChI is InChI=1S/C20H19ClF2N4O2S/c1-11-4-6-14(21)17(8-11)29-12(2)19-25-26-20(27(19)3)30-10-18(28)24-16-7-5-13(22)9-15(16)23/h4-9,12H,10H2,1-3H3,(H,24,28). The van der Waals surface area contributed by atoms with Gasteiger partial charge in [0.1, 0.15) is 17.4 Å². The molecule has 0 saturated heterocycles. The van der Waals surface area contributed by atoms with Crippen molar-refractivity contribution >= 4 is 35.0 Å². The molecule has 30 heavy (non-hydrogen) atoms. The molecule has 0 aliphatic rings. The Hall–Kier alpha value is -2.65. The van der Waals surface area contributed by atoms with E-state index >= 15 is 0 Å². The average Bonchev–Trinajstić information content (AvgIpc) is 3.06. The van der Waals surface area contributed by atoms with Crippen molar-refractivity contribution in [3.8, 4) is 5.75 Å². The van der Waals surface area contributed by atoms with Crippen LogP contribution < -0.4 is 10.1 Å². The van der Waals surface area contributed by atoms with Gasteiger partial charge < -0.3 is 14.6 Å². The molecule has 2 aromatic carbocycles. The van der Waals surface area contributed by atoms with Crippen LogP contribution in [0.15, 0.2) is 41.6 Å². The first-order chi connectivity index (χ1) is 14.2. The molecule has 0 saturated carbocycles. The van der Waals surface area contributed by atoms with E-state index in [1.807, 2.05) is 26.0 Å². The highest BCUT2D eigenvalue weighted by Gasteiger charge is 2.19. The van der Waals surface area contributed by atoms with Gasteiger partial charge in [0, 0.05) is 13.1 Å². The van der Waals surface area contributed by atoms with E-state index in [1.54, 1.807) is 17.7 Å². The Balaban J connectivity index is 1.62. The summed E-state index contributed by atoms with van der Waals surface area (Å²) in [4.78, 5) is 12.1. The van der Waals surface area contributed by atoms with Crippen molar-refractivity contribution < 1.29 is 18.3 Å². The molecule has 158 valence electrons. The number of rotatable bonds is 7. The van der Waals surface area contributed by atoms with Crippen molar-refractivity contribution in [3.05, 3.63) is 64.4 Å². The molecule has 6 nitrogen and oxygen atoms in total. The van der Waals surface area contributed by atoms with Crippen LogP contribution in [-0.4, -0.2) is 26.4 Å². The average molecular weight is 453 g/mol. The third-order valence-electron chi connectivity index (χ3n) is 4.16. The quantitative estimate of drug-likeness (QED) is 0.515. The highest BCUT2D eigenvalue weighted by atomic mass is 35.5. The monoisotopic (exact) mass is 452 g/mol. The summed E-state index contributed by atoms with van der Waals surface area (Å²) in [6, 6.07) is 8.44. The number of benzene rings is 2. The van der Waals surface area contributed by atoms with E-state index in [0.717, 1.165) is 23.4 Å². The zero-order valence-electron chi connectivity index (χ0n) is 16.4. The van der Waals surface area contributed by atoms with Gasteiger partial charge in [-0.25, -0.2) is 8.78 Å². The number of nitrogens with zero attached hydrogens (tertiary/aromatic N) is 3. The van der Waals surface area contributed by atoms with Gasteiger partial charge in [-0.1, -0.05) is 29.4 Å². The number of carbonyl (C=O) groups excluding carboxylic acids is 1. The Bertz CT molecular complexity index is 1080. The fourth-order valence-corrected chi connectivity index (χ4v) is 3.54. The first kappa shape index (κ1) is 22.0. The normalized spacial score (nSPS) is 11.9. The predicted octanol–water partition coefficient (Wildman–Crippen LogP) is 4.93. The van der Waals surface area contributed by atoms with Gasteiger partial charge in [0.25, 0.3) is 0 Å². The molecule has 0 radical (unpaired) electrons. The molecule has 10 heteroatoms. The maximum absolute atomic E-state index is 13.7. The van der Waals surface area contributed by atoms with Crippen molar-refractivity contribution in [3.63, 3.8) is 0 Å². The number of ether oxygens (including phenoxy) is 1. The number of carbonyl (C=O) groups is 1. The number of hydrogen-bond acceptors (Lipinski definition) is 5. The number of aryl methyl sites for hydroxylation is 1. The smallest absolute Gasteiger partial charge is 0.234 e. The Morgan fingerprint density at radius 3 is 2.77 bits per heavy atom. The first-order valence-corrected chi connectivity index (χ1v) is 10.3. The number of anilines is 1. The Morgan fingerprint density at radius 1 is 1.27 bits per heavy atom. The van der Waals surface area contributed by atoms with Crippen molar-refractivity contribution in [2.24, 2.45) is 7.05 Å². The van der Waals surface area contributed by atoms with Crippen molar-refractivity contribution in [2.75, 3.05) is 11.1 Å². The number of amides is 1. The summed E-state index contributed by atoms with van der Waals surface area (Å²) in [7, 11) is 1.76. The van der Waals surface area contributed by atoms with Crippen LogP contribution in [0.1, 0.15) is 24.4 Å². The molecule has 1 amide bonds. The molecular formula is C20H19ClF2N4O2S. The molecule has 0 fully saturated rings. The van der Waals surface area contributed by atoms with Gasteiger partial charge in [-0.05, 0) is 43.7 Å². The van der Waals surface area contributed by atoms with E-state index in [-0.39, 0.29) is 11.4 Å². The third-order valence-corrected chi connectivity index (χ3v) is 5.49. The Labute approximate surface area is 181 Å². The molecule has 1 aromatic heterocycles. The molecule has 3 aromatic rings. The molecule has 0 aliphatic carbocycles. The van der Waals surface area contributed by atoms with E-state index < -0.39 is 23.6 Å². The van der Waals surface area contributed by atoms with Crippen LogP contribution in [0.25, 0.3) is 0 Å². The number of halogens is 3. The lowest BCUT2D eigenvalue weighted by molar-refractivity contribution is -0.113. The van der Waals surface area contributed by atoms with Gasteiger partial charge in [0.05, 0.1) is 16.5 Å². The van der Waals surface area contributed by atoms with E-state index in [4.69, 9.17) is 16.3 Å². The summed E-state index contributed by atoms with van der Waals surface area (Å²) < 4.78 is 34.2. The summed E-state index contributed by atoms with van der Waals surface area (Å²) in [6.07, 6.45) is -0.432. The Morgan fingerprint density at radius 2 is 2.03 bits per heavy atom. The van der Waals surface area contributed by atoms with Crippen LogP contribution in [0.3, 0.4) is 0 Å². The van der Waals surface area contributed by atoms with Crippen LogP contribution in [-0.2, 0) is 11.8 Å². The minimum absolute atomic E-state index is 0.0261. The summed E-state index contributed by atoms with van der Waals surface area (Å²) in [5, 5.41) is 11.6. The predicted molar refractivity (Wildman–Crippen MR) is 112 cm³/mol. The summed E-state index contributed by atoms with van der Waals surface area (Å²) in [5.74, 6) is -0.931. The molecule has 3 rings (SSSR count). The topological polar surface area (TPSA) is 69.0 Å². The zero-order chi connectivity index (χ0) is 21.8. The van der Waals surface area contributed by atoms with Crippen LogP contribution in [0.4, 0.5) is 14.5 Å². The molecule has 1 atom stereocenters. The van der Waals surface area contributed by atoms with E-state index in [0.29, 0.717) is 27.8 Å². The second-order valence-corrected chi connectivity index (χ2v) is 7.90. The second-order valence-electron chi connectivity index (χ2n) is 6.55. The van der Waals surface area contributed by atoms with Crippen molar-refractivity contribution in [1.29, 1.82) is 0 Å². The van der Waals surface area contributed by atoms with E-state index in [9.17, 15) is 13.6 Å². The van der Waals surface area contributed by atoms with Crippen LogP contribution in [0.2, 0.25) is 5.02 Å². The van der Waals surface area contributed by atoms with Gasteiger partial charge >= 0.3 is 0 Å². The maximum atomic E-state index is 13.7. The lowest BCUT2D eigenvalue weighted by Gasteiger charge is -2.15. The van der Waals surface area contributed by atoms with Crippen LogP contribution >= 0.6 is 23.4 Å². The maximum Gasteiger partial charge on any atom is 0.234 e. The summed E-state index contributed by atoms with van der Waals surface area (Å²) >= 11 is 7.31. The first-order valence-electron chi connectivity index (χ1n) is 8.94. The fourth-order valence-electron chi connectivity index (χ4n) is 2.66. The van der Waals surface area contributed by atoms with Crippen molar-refractivity contribution in [2.45, 2.75) is 25.1 Å². The van der Waals surface area contributed by atoms with Crippen LogP contribution in [0, 0.1) is 18.6 Å². The molecule has 0 spiro atoms. The molecule has 0 bridgehead atoms. The zero-order valence-corrected chi connectivity index (χ0v) is 18.0. The molecule has 1 heterocycles. The molecule has 1 unspecified atom stereocenters. The van der Waals surface area contributed by atoms with E-state index in [2.05, 4.69) is 15.5 Å². The van der Waals surface area contributed by atoms with Gasteiger partial charge in [0.15, 0.2) is 17.1 Å². The highest BCUT2D eigenvalue weighted by Crippen LogP contribution is 2.30. The molecule has 1 N–H and O–H groups in total. The second kappa shape index (κ2) is 9.44. The SMILES string of the molecule is Cc1ccc(Cl)c(OC(C)c2nnc(SCC(=O)Nc3ccc(F)cc3F)n2C)c1. The van der Waals surface area contributed by atoms with Gasteiger partial charge in [-0.3, -0.25) is 4.79 Å². The van der Waals surface area contributed by atoms with Gasteiger partial charge in [-0.15, -0.1) is 10.2 Å². The minimum atomic E-state index is -0.838. The van der Waals surface area contributed by atoms with Crippen molar-refractivity contribution in [1.82, 2.24) is 14.8 Å². The van der Waals surface area contributed by atoms with Gasteiger partial charge in [-0.2, -0.15) is 0 Å². The molecular weight excluding hydrogens is 434 g/mol. The largest absolute Gasteiger partial charge is 0.481 e. The number of aromatic nitrogens is 3. The number of nitrogens with one attached hydrogen (secondary N) is 1. The fraction of sp³-hybridized carbons (Fsp3) is 0.250. The third kappa shape index (κ3) is 5.28. The lowest BCUT2D eigenvalue weighted by Crippen LogP contribution is -2.16. The van der Waals surface area contributed by atoms with Gasteiger partial charge in [0.2, 0.25) is 5.91 Å². The summed E-state index contributed by atoms with van der Waals surface area (Å²) in [5.41, 5.74) is 0.928. The summed E-state index contributed by atoms with van der Waals surface area (Å²) in [6.45, 7) is 3.76. The highest BCUT2D eigenvalue weighted by molar-refractivity contribution is 7.99. The lowest BCUT2D eigenvalue weighted by atomic mass is 10.2. The van der Waals surface area contributed by atoms with Crippen LogP contribution in [0.5, 0.6) is 5.75 Å². The Kier molecular flexibility index (Phi) is 6.94. The minimum Gasteiger partial charge on any atom is -0.481 e. The number of hydrogen-bond donors (Lipinski definition) is 1. The van der Waals surface area contributed by atoms with E-state index in [1.165, 1.54) is 6.07 Å². The number of thioether (sulfide) groups is 1.